The zero-order valence-electron chi connectivity index (χ0n) is 40.5. The number of aliphatic hydroxyl groups is 1. The SMILES string of the molecule is CC.CC.CC(C)NC(=O)CNC(=O)OCC1c2ccccc2-c2ccccc21.Cc1cc2c(CCCCOCNC(=O)C(C)NC=O)c3c(nc2cc1F)-c1cc2c(c(=O)n1C3)COC(=O)C2O. The van der Waals surface area contributed by atoms with Gasteiger partial charge in [0.15, 0.2) is 6.10 Å². The minimum Gasteiger partial charge on any atom is -0.458 e. The molecule has 5 N–H and O–H groups in total. The fourth-order valence-electron chi connectivity index (χ4n) is 8.33. The Morgan fingerprint density at radius 3 is 2.25 bits per heavy atom. The number of nitrogens with one attached hydrogen (secondary N) is 4. The van der Waals surface area contributed by atoms with Gasteiger partial charge in [-0.05, 0) is 92.5 Å². The average molecular weight is 951 g/mol. The molecule has 0 spiro atoms. The van der Waals surface area contributed by atoms with Crippen LogP contribution in [0.1, 0.15) is 112 Å². The van der Waals surface area contributed by atoms with Crippen LogP contribution in [0.5, 0.6) is 0 Å². The van der Waals surface area contributed by atoms with Crippen LogP contribution in [0.25, 0.3) is 33.4 Å². The monoisotopic (exact) mass is 950 g/mol. The first kappa shape index (κ1) is 53.0. The molecule has 2 unspecified atom stereocenters. The zero-order valence-corrected chi connectivity index (χ0v) is 40.5. The molecule has 0 bridgehead atoms. The van der Waals surface area contributed by atoms with Crippen LogP contribution in [0.3, 0.4) is 0 Å². The summed E-state index contributed by atoms with van der Waals surface area (Å²) in [6.45, 7) is 15.6. The van der Waals surface area contributed by atoms with Gasteiger partial charge in [0.25, 0.3) is 5.56 Å². The number of aliphatic hydroxyl groups excluding tert-OH is 1. The number of unbranched alkanes of at least 4 members (excludes halogenated alkanes) is 1. The topological polar surface area (TPSA) is 216 Å². The lowest BCUT2D eigenvalue weighted by Gasteiger charge is -2.21. The van der Waals surface area contributed by atoms with Gasteiger partial charge in [0.05, 0.1) is 29.0 Å². The van der Waals surface area contributed by atoms with Crippen molar-refractivity contribution >= 4 is 41.2 Å². The summed E-state index contributed by atoms with van der Waals surface area (Å²) in [4.78, 5) is 75.7. The number of aromatic nitrogens is 2. The van der Waals surface area contributed by atoms with E-state index in [1.807, 2.05) is 65.8 Å². The molecule has 2 atom stereocenters. The normalized spacial score (nSPS) is 14.0. The van der Waals surface area contributed by atoms with Crippen molar-refractivity contribution in [2.75, 3.05) is 26.5 Å². The van der Waals surface area contributed by atoms with Gasteiger partial charge in [-0.15, -0.1) is 0 Å². The molecule has 16 nitrogen and oxygen atoms in total. The van der Waals surface area contributed by atoms with Gasteiger partial charge in [-0.25, -0.2) is 19.0 Å². The fraction of sp³-hybridized carbons (Fsp3) is 0.404. The van der Waals surface area contributed by atoms with Gasteiger partial charge < -0.3 is 45.2 Å². The molecule has 5 aromatic rings. The summed E-state index contributed by atoms with van der Waals surface area (Å²) in [5, 5.41) is 21.3. The number of aryl methyl sites for hydroxylation is 2. The number of ether oxygens (including phenoxy) is 3. The lowest BCUT2D eigenvalue weighted by molar-refractivity contribution is -0.157. The highest BCUT2D eigenvalue weighted by molar-refractivity contribution is 5.89. The van der Waals surface area contributed by atoms with Gasteiger partial charge in [0, 0.05) is 41.1 Å². The Kier molecular flexibility index (Phi) is 19.1. The molecule has 2 aromatic heterocycles. The lowest BCUT2D eigenvalue weighted by atomic mass is 9.94. The number of carbonyl (C=O) groups excluding carboxylic acids is 5. The highest BCUT2D eigenvalue weighted by Gasteiger charge is 2.35. The van der Waals surface area contributed by atoms with E-state index in [1.165, 1.54) is 17.2 Å². The molecular weight excluding hydrogens is 888 g/mol. The number of amides is 4. The van der Waals surface area contributed by atoms with E-state index in [1.54, 1.807) is 30.5 Å². The second-order valence-electron chi connectivity index (χ2n) is 16.4. The molecular formula is C52H63FN6O10. The number of carbonyl (C=O) groups is 5. The summed E-state index contributed by atoms with van der Waals surface area (Å²) >= 11 is 0. The maximum Gasteiger partial charge on any atom is 0.407 e. The Balaban J connectivity index is 0.000000263. The van der Waals surface area contributed by atoms with Gasteiger partial charge in [0.2, 0.25) is 18.2 Å². The van der Waals surface area contributed by atoms with Gasteiger partial charge >= 0.3 is 12.1 Å². The van der Waals surface area contributed by atoms with Gasteiger partial charge in [-0.1, -0.05) is 76.2 Å². The van der Waals surface area contributed by atoms with E-state index < -0.39 is 30.0 Å². The molecule has 3 aliphatic rings. The minimum atomic E-state index is -1.55. The highest BCUT2D eigenvalue weighted by atomic mass is 19.1. The number of cyclic esters (lactones) is 1. The molecule has 4 heterocycles. The van der Waals surface area contributed by atoms with Crippen LogP contribution in [0, 0.1) is 12.7 Å². The van der Waals surface area contributed by atoms with Crippen LogP contribution in [0.15, 0.2) is 71.5 Å². The number of fused-ring (bicyclic) bond motifs is 8. The summed E-state index contributed by atoms with van der Waals surface area (Å²) in [5.41, 5.74) is 8.47. The highest BCUT2D eigenvalue weighted by Crippen LogP contribution is 2.44. The van der Waals surface area contributed by atoms with Crippen LogP contribution in [0.4, 0.5) is 9.18 Å². The standard InChI is InChI=1S/C28H29FN4O7.C20H22N2O3.2C2H6/c1-14-7-17-16(5-3-4-6-39-13-31-26(36)15(2)30-12-34)19-10-33-23(24(19)32-22(17)9-21(14)29)8-18-20(27(33)37)11-40-28(38)25(18)35;1-13(2)22-19(23)11-21-20(24)25-12-18-16-9-5-3-7-14(16)15-8-4-6-10-17(15)18;2*1-2/h7-9,12,15,25,35H,3-6,10-11,13H2,1-2H3,(H,30,34)(H,31,36);3-10,13,18H,11-12H2,1-2H3,(H,21,24)(H,22,23);2*1-2H3. The summed E-state index contributed by atoms with van der Waals surface area (Å²) in [6.07, 6.45) is 0.310. The molecule has 0 saturated carbocycles. The summed E-state index contributed by atoms with van der Waals surface area (Å²) in [5.74, 6) is -1.77. The van der Waals surface area contributed by atoms with Crippen molar-refractivity contribution in [1.82, 2.24) is 30.8 Å². The van der Waals surface area contributed by atoms with Crippen molar-refractivity contribution in [3.05, 3.63) is 122 Å². The Labute approximate surface area is 401 Å². The molecule has 3 aromatic carbocycles. The van der Waals surface area contributed by atoms with E-state index in [0.717, 1.165) is 27.6 Å². The van der Waals surface area contributed by atoms with E-state index in [4.69, 9.17) is 19.2 Å². The molecule has 8 rings (SSSR count). The number of hydrogen-bond acceptors (Lipinski definition) is 11. The number of pyridine rings is 2. The quantitative estimate of drug-likeness (QED) is 0.0319. The Morgan fingerprint density at radius 2 is 1.59 bits per heavy atom. The maximum absolute atomic E-state index is 14.5. The summed E-state index contributed by atoms with van der Waals surface area (Å²) < 4.78 is 31.9. The number of esters is 1. The van der Waals surface area contributed by atoms with Crippen molar-refractivity contribution in [2.24, 2.45) is 0 Å². The van der Waals surface area contributed by atoms with Gasteiger partial charge in [0.1, 0.15) is 38.3 Å². The third-order valence-electron chi connectivity index (χ3n) is 11.6. The molecule has 1 aliphatic carbocycles. The molecule has 17 heteroatoms. The van der Waals surface area contributed by atoms with Crippen molar-refractivity contribution in [1.29, 1.82) is 0 Å². The Hall–Kier alpha value is -6.98. The van der Waals surface area contributed by atoms with Crippen LogP contribution in [-0.2, 0) is 53.0 Å². The van der Waals surface area contributed by atoms with E-state index in [0.29, 0.717) is 54.7 Å². The predicted octanol–water partition coefficient (Wildman–Crippen LogP) is 6.61. The van der Waals surface area contributed by atoms with E-state index in [2.05, 4.69) is 45.5 Å². The molecule has 4 amide bonds. The van der Waals surface area contributed by atoms with Gasteiger partial charge in [-0.2, -0.15) is 0 Å². The summed E-state index contributed by atoms with van der Waals surface area (Å²) in [6, 6.07) is 20.5. The number of alkyl carbamates (subject to hydrolysis) is 1. The number of halogens is 1. The van der Waals surface area contributed by atoms with E-state index in [9.17, 15) is 38.3 Å². The smallest absolute Gasteiger partial charge is 0.407 e. The molecule has 0 saturated heterocycles. The first-order valence-electron chi connectivity index (χ1n) is 23.4. The van der Waals surface area contributed by atoms with E-state index >= 15 is 0 Å². The van der Waals surface area contributed by atoms with Crippen LogP contribution < -0.4 is 26.8 Å². The third-order valence-corrected chi connectivity index (χ3v) is 11.6. The van der Waals surface area contributed by atoms with Crippen molar-refractivity contribution < 1.29 is 47.7 Å². The third kappa shape index (κ3) is 12.4. The minimum absolute atomic E-state index is 0.0106. The zero-order chi connectivity index (χ0) is 50.4. The number of rotatable bonds is 15. The van der Waals surface area contributed by atoms with Crippen LogP contribution in [-0.4, -0.2) is 83.5 Å². The second kappa shape index (κ2) is 24.9. The van der Waals surface area contributed by atoms with Crippen molar-refractivity contribution in [3.8, 4) is 22.5 Å². The molecule has 69 heavy (non-hydrogen) atoms. The molecule has 0 radical (unpaired) electrons. The van der Waals surface area contributed by atoms with Crippen molar-refractivity contribution in [2.45, 2.75) is 112 Å². The van der Waals surface area contributed by atoms with Crippen LogP contribution >= 0.6 is 0 Å². The molecule has 2 aliphatic heterocycles. The second-order valence-corrected chi connectivity index (χ2v) is 16.4. The largest absolute Gasteiger partial charge is 0.458 e. The fourth-order valence-corrected chi connectivity index (χ4v) is 8.33. The first-order valence-corrected chi connectivity index (χ1v) is 23.4. The summed E-state index contributed by atoms with van der Waals surface area (Å²) in [7, 11) is 0. The maximum atomic E-state index is 14.5. The number of hydrogen-bond donors (Lipinski definition) is 5. The van der Waals surface area contributed by atoms with Crippen LogP contribution in [0.2, 0.25) is 0 Å². The predicted molar refractivity (Wildman–Crippen MR) is 260 cm³/mol. The lowest BCUT2D eigenvalue weighted by Crippen LogP contribution is -2.42. The molecule has 368 valence electrons. The number of nitrogens with zero attached hydrogens (tertiary/aromatic N) is 2. The Morgan fingerprint density at radius 1 is 0.928 bits per heavy atom. The average Bonchev–Trinajstić information content (AvgIpc) is 3.88. The van der Waals surface area contributed by atoms with Gasteiger partial charge in [-0.3, -0.25) is 19.2 Å². The Bertz CT molecular complexity index is 2680. The van der Waals surface area contributed by atoms with E-state index in [-0.39, 0.29) is 73.5 Å². The number of benzene rings is 3. The first-order chi connectivity index (χ1) is 33.3. The van der Waals surface area contributed by atoms with Crippen molar-refractivity contribution in [3.63, 3.8) is 0 Å². The molecule has 0 fully saturated rings.